The van der Waals surface area contributed by atoms with E-state index in [1.165, 1.54) is 19.2 Å². The maximum Gasteiger partial charge on any atom is 0.416 e. The monoisotopic (exact) mass is 427 g/mol. The fourth-order valence-corrected chi connectivity index (χ4v) is 4.09. The van der Waals surface area contributed by atoms with Crippen molar-refractivity contribution in [1.82, 2.24) is 24.6 Å². The minimum atomic E-state index is -4.38. The van der Waals surface area contributed by atoms with Gasteiger partial charge in [0.25, 0.3) is 5.56 Å². The third-order valence-corrected chi connectivity index (χ3v) is 5.66. The summed E-state index contributed by atoms with van der Waals surface area (Å²) in [5.74, 6) is 0.0789. The molecule has 31 heavy (non-hydrogen) atoms. The lowest BCUT2D eigenvalue weighted by molar-refractivity contribution is -0.138. The van der Waals surface area contributed by atoms with Gasteiger partial charge in [-0.15, -0.1) is 0 Å². The number of imidazole rings is 1. The summed E-state index contributed by atoms with van der Waals surface area (Å²) in [6.07, 6.45) is 0.921. The normalized spacial score (nSPS) is 18.5. The number of aryl methyl sites for hydroxylation is 1. The summed E-state index contributed by atoms with van der Waals surface area (Å²) in [7, 11) is 0. The summed E-state index contributed by atoms with van der Waals surface area (Å²) in [6, 6.07) is 6.00. The van der Waals surface area contributed by atoms with Crippen LogP contribution in [0.1, 0.15) is 40.5 Å². The molecule has 5 rings (SSSR count). The van der Waals surface area contributed by atoms with Crippen molar-refractivity contribution in [3.05, 3.63) is 85.9 Å². The van der Waals surface area contributed by atoms with E-state index in [1.807, 2.05) is 0 Å². The highest BCUT2D eigenvalue weighted by atomic mass is 19.4. The van der Waals surface area contributed by atoms with E-state index in [1.54, 1.807) is 29.0 Å². The topological polar surface area (TPSA) is 95.9 Å². The largest absolute Gasteiger partial charge is 0.416 e. The molecule has 0 bridgehead atoms. The van der Waals surface area contributed by atoms with Gasteiger partial charge in [0.05, 0.1) is 16.8 Å². The molecule has 3 aromatic heterocycles. The van der Waals surface area contributed by atoms with Gasteiger partial charge in [-0.3, -0.25) is 9.78 Å². The lowest BCUT2D eigenvalue weighted by atomic mass is 9.99. The Morgan fingerprint density at radius 1 is 1.16 bits per heavy atom. The summed E-state index contributed by atoms with van der Waals surface area (Å²) < 4.78 is 40.8. The van der Waals surface area contributed by atoms with Crippen LogP contribution in [0.4, 0.5) is 13.2 Å². The van der Waals surface area contributed by atoms with Gasteiger partial charge in [0.2, 0.25) is 0 Å². The number of benzene rings is 1. The molecule has 4 aromatic rings. The molecule has 2 N–H and O–H groups in total. The molecular weight excluding hydrogens is 411 g/mol. The molecule has 158 valence electrons. The average molecular weight is 427 g/mol. The first-order chi connectivity index (χ1) is 14.7. The van der Waals surface area contributed by atoms with Crippen LogP contribution in [0.15, 0.2) is 52.4 Å². The van der Waals surface area contributed by atoms with E-state index in [0.29, 0.717) is 11.3 Å². The Labute approximate surface area is 172 Å². The third kappa shape index (κ3) is 3.33. The molecule has 0 spiro atoms. The van der Waals surface area contributed by atoms with Gasteiger partial charge < -0.3 is 4.98 Å². The number of hydrogen-bond donors (Lipinski definition) is 2. The van der Waals surface area contributed by atoms with Crippen LogP contribution in [0.25, 0.3) is 16.9 Å². The van der Waals surface area contributed by atoms with Gasteiger partial charge in [-0.2, -0.15) is 18.3 Å². The van der Waals surface area contributed by atoms with Crippen LogP contribution in [0.5, 0.6) is 0 Å². The second-order valence-electron chi connectivity index (χ2n) is 7.69. The second kappa shape index (κ2) is 6.66. The molecule has 7 nitrogen and oxygen atoms in total. The number of nitrogens with zero attached hydrogens (tertiary/aromatic N) is 3. The van der Waals surface area contributed by atoms with Crippen LogP contribution >= 0.6 is 0 Å². The maximum atomic E-state index is 13.1. The number of nitrogens with one attached hydrogen (secondary N) is 2. The van der Waals surface area contributed by atoms with Crippen molar-refractivity contribution in [2.75, 3.05) is 0 Å². The Morgan fingerprint density at radius 3 is 2.68 bits per heavy atom. The lowest BCUT2D eigenvalue weighted by Crippen LogP contribution is -2.23. The summed E-state index contributed by atoms with van der Waals surface area (Å²) in [4.78, 5) is 32.5. The fraction of sp³-hybridized carbons (Fsp3) is 0.238. The Hall–Kier alpha value is -3.69. The van der Waals surface area contributed by atoms with Crippen LogP contribution < -0.4 is 11.2 Å². The molecule has 1 saturated carbocycles. The predicted molar refractivity (Wildman–Crippen MR) is 106 cm³/mol. The number of rotatable bonds is 3. The smallest absolute Gasteiger partial charge is 0.313 e. The number of fused-ring (bicyclic) bond motifs is 1. The Bertz CT molecular complexity index is 1430. The van der Waals surface area contributed by atoms with E-state index < -0.39 is 23.0 Å². The summed E-state index contributed by atoms with van der Waals surface area (Å²) >= 11 is 0. The molecule has 0 unspecified atom stereocenters. The number of H-pyrrole nitrogens is 2. The van der Waals surface area contributed by atoms with E-state index in [0.717, 1.165) is 23.6 Å². The molecule has 3 heterocycles. The molecule has 0 amide bonds. The van der Waals surface area contributed by atoms with E-state index >= 15 is 0 Å². The Morgan fingerprint density at radius 2 is 1.97 bits per heavy atom. The van der Waals surface area contributed by atoms with Crippen LogP contribution in [-0.2, 0) is 6.18 Å². The molecule has 2 atom stereocenters. The molecule has 10 heteroatoms. The first-order valence-corrected chi connectivity index (χ1v) is 9.57. The van der Waals surface area contributed by atoms with Crippen LogP contribution in [0.2, 0.25) is 0 Å². The van der Waals surface area contributed by atoms with Crippen molar-refractivity contribution < 1.29 is 13.2 Å². The molecule has 0 saturated heterocycles. The summed E-state index contributed by atoms with van der Waals surface area (Å²) in [5.41, 5.74) is 1.27. The first kappa shape index (κ1) is 19.3. The van der Waals surface area contributed by atoms with E-state index in [-0.39, 0.29) is 23.0 Å². The number of hydrogen-bond acceptors (Lipinski definition) is 4. The molecular formula is C21H16F3N5O2. The molecule has 1 aliphatic carbocycles. The first-order valence-electron chi connectivity index (χ1n) is 9.57. The van der Waals surface area contributed by atoms with Gasteiger partial charge in [0.1, 0.15) is 0 Å². The van der Waals surface area contributed by atoms with Gasteiger partial charge in [-0.1, -0.05) is 12.1 Å². The van der Waals surface area contributed by atoms with E-state index in [9.17, 15) is 22.8 Å². The van der Waals surface area contributed by atoms with Gasteiger partial charge in [-0.25, -0.2) is 14.3 Å². The number of aromatic nitrogens is 5. The van der Waals surface area contributed by atoms with Crippen molar-refractivity contribution in [3.8, 4) is 11.3 Å². The standard InChI is InChI=1S/C21H16F3N5O2/c1-10-6-11(2-3-16(10)21(22,23)24)12-7-13(12)14-8-17(28-29-5-4-25-18(14)29)15-9-26-20(31)27-19(15)30/h2-6,8-9,12-13H,7H2,1H3,(H2,26,27,30,31)/t12-,13+/m1/s1. The van der Waals surface area contributed by atoms with Gasteiger partial charge >= 0.3 is 11.9 Å². The van der Waals surface area contributed by atoms with E-state index in [2.05, 4.69) is 20.1 Å². The zero-order valence-corrected chi connectivity index (χ0v) is 16.2. The van der Waals surface area contributed by atoms with Crippen LogP contribution in [0, 0.1) is 6.92 Å². The Kier molecular flexibility index (Phi) is 4.14. The van der Waals surface area contributed by atoms with E-state index in [4.69, 9.17) is 0 Å². The quantitative estimate of drug-likeness (QED) is 0.524. The van der Waals surface area contributed by atoms with Gasteiger partial charge in [-0.05, 0) is 48.4 Å². The van der Waals surface area contributed by atoms with Gasteiger partial charge in [0, 0.05) is 24.2 Å². The molecule has 0 aliphatic heterocycles. The summed E-state index contributed by atoms with van der Waals surface area (Å²) in [6.45, 7) is 1.46. The average Bonchev–Trinajstić information content (AvgIpc) is 3.35. The molecule has 0 radical (unpaired) electrons. The van der Waals surface area contributed by atoms with Crippen molar-refractivity contribution >= 4 is 5.65 Å². The summed E-state index contributed by atoms with van der Waals surface area (Å²) in [5, 5.41) is 4.40. The zero-order chi connectivity index (χ0) is 21.9. The van der Waals surface area contributed by atoms with Crippen molar-refractivity contribution in [3.63, 3.8) is 0 Å². The molecule has 1 aromatic carbocycles. The van der Waals surface area contributed by atoms with Gasteiger partial charge in [0.15, 0.2) is 5.65 Å². The number of aromatic amines is 2. The second-order valence-corrected chi connectivity index (χ2v) is 7.69. The number of halogens is 3. The van der Waals surface area contributed by atoms with Crippen LogP contribution in [0.3, 0.4) is 0 Å². The SMILES string of the molecule is Cc1cc([C@H]2C[C@@H]2c2cc(-c3c[nH]c(=O)[nH]c3=O)nn3ccnc23)ccc1C(F)(F)F. The molecule has 1 aliphatic rings. The fourth-order valence-electron chi connectivity index (χ4n) is 4.09. The predicted octanol–water partition coefficient (Wildman–Crippen LogP) is 3.37. The van der Waals surface area contributed by atoms with Crippen LogP contribution in [-0.4, -0.2) is 24.6 Å². The number of alkyl halides is 3. The highest BCUT2D eigenvalue weighted by Crippen LogP contribution is 2.56. The van der Waals surface area contributed by atoms with Crippen molar-refractivity contribution in [1.29, 1.82) is 0 Å². The highest BCUT2D eigenvalue weighted by molar-refractivity contribution is 5.63. The van der Waals surface area contributed by atoms with Crippen molar-refractivity contribution in [2.45, 2.75) is 31.4 Å². The minimum Gasteiger partial charge on any atom is -0.313 e. The zero-order valence-electron chi connectivity index (χ0n) is 16.2. The minimum absolute atomic E-state index is 0.0321. The lowest BCUT2D eigenvalue weighted by Gasteiger charge is -2.12. The highest BCUT2D eigenvalue weighted by Gasteiger charge is 2.42. The Balaban J connectivity index is 1.55. The maximum absolute atomic E-state index is 13.1. The molecule has 1 fully saturated rings. The van der Waals surface area contributed by atoms with Crippen molar-refractivity contribution in [2.24, 2.45) is 0 Å². The third-order valence-electron chi connectivity index (χ3n) is 5.66.